The van der Waals surface area contributed by atoms with E-state index in [0.717, 1.165) is 22.4 Å². The first-order chi connectivity index (χ1) is 10.4. The molecule has 5 nitrogen and oxygen atoms in total. The van der Waals surface area contributed by atoms with Crippen LogP contribution in [0.3, 0.4) is 0 Å². The van der Waals surface area contributed by atoms with E-state index in [1.165, 1.54) is 6.26 Å². The first kappa shape index (κ1) is 14.6. The van der Waals surface area contributed by atoms with Crippen LogP contribution < -0.4 is 5.32 Å². The number of para-hydroxylation sites is 2. The summed E-state index contributed by atoms with van der Waals surface area (Å²) in [4.78, 5) is 4.67. The molecule has 0 bridgehead atoms. The Balaban J connectivity index is 1.84. The van der Waals surface area contributed by atoms with Crippen molar-refractivity contribution >= 4 is 26.6 Å². The summed E-state index contributed by atoms with van der Waals surface area (Å²) in [5.74, 6) is 0.561. The fraction of sp³-hybridized carbons (Fsp3) is 0.188. The minimum absolute atomic E-state index is 0.290. The second kappa shape index (κ2) is 5.46. The van der Waals surface area contributed by atoms with Crippen molar-refractivity contribution in [2.75, 3.05) is 11.6 Å². The summed E-state index contributed by atoms with van der Waals surface area (Å²) in [6, 6.07) is 12.6. The zero-order chi connectivity index (χ0) is 15.7. The van der Waals surface area contributed by atoms with Gasteiger partial charge in [-0.3, -0.25) is 0 Å². The molecule has 3 rings (SSSR count). The van der Waals surface area contributed by atoms with Gasteiger partial charge in [-0.05, 0) is 36.8 Å². The molecule has 1 aromatic heterocycles. The molecule has 1 N–H and O–H groups in total. The average molecular weight is 316 g/mol. The van der Waals surface area contributed by atoms with Crippen LogP contribution in [0.2, 0.25) is 0 Å². The molecule has 0 saturated carbocycles. The van der Waals surface area contributed by atoms with Gasteiger partial charge in [-0.1, -0.05) is 18.2 Å². The number of nitrogens with one attached hydrogen (secondary N) is 1. The van der Waals surface area contributed by atoms with Gasteiger partial charge in [0.15, 0.2) is 15.4 Å². The van der Waals surface area contributed by atoms with Crippen LogP contribution in [0.15, 0.2) is 51.8 Å². The third kappa shape index (κ3) is 2.96. The second-order valence-electron chi connectivity index (χ2n) is 5.18. The van der Waals surface area contributed by atoms with Gasteiger partial charge in [0.2, 0.25) is 5.89 Å². The second-order valence-corrected chi connectivity index (χ2v) is 7.19. The van der Waals surface area contributed by atoms with Crippen molar-refractivity contribution in [2.45, 2.75) is 18.4 Å². The highest BCUT2D eigenvalue weighted by Crippen LogP contribution is 2.21. The molecule has 0 atom stereocenters. The topological polar surface area (TPSA) is 72.2 Å². The number of anilines is 1. The van der Waals surface area contributed by atoms with Crippen LogP contribution in [0.1, 0.15) is 11.5 Å². The molecule has 22 heavy (non-hydrogen) atoms. The van der Waals surface area contributed by atoms with Crippen LogP contribution in [-0.2, 0) is 16.4 Å². The van der Waals surface area contributed by atoms with E-state index in [0.29, 0.717) is 12.4 Å². The maximum absolute atomic E-state index is 11.6. The molecule has 1 heterocycles. The first-order valence-corrected chi connectivity index (χ1v) is 8.72. The number of oxazole rings is 1. The molecule has 3 aromatic rings. The smallest absolute Gasteiger partial charge is 0.214 e. The molecule has 0 spiro atoms. The third-order valence-corrected chi connectivity index (χ3v) is 4.52. The van der Waals surface area contributed by atoms with E-state index in [1.807, 2.05) is 31.2 Å². The molecular formula is C16H16N2O3S. The number of hydrogen-bond donors (Lipinski definition) is 1. The highest BCUT2D eigenvalue weighted by atomic mass is 32.2. The third-order valence-electron chi connectivity index (χ3n) is 3.41. The molecule has 0 amide bonds. The van der Waals surface area contributed by atoms with E-state index in [4.69, 9.17) is 4.42 Å². The lowest BCUT2D eigenvalue weighted by atomic mass is 10.2. The largest absolute Gasteiger partial charge is 0.439 e. The molecular weight excluding hydrogens is 300 g/mol. The Morgan fingerprint density at radius 1 is 1.18 bits per heavy atom. The zero-order valence-corrected chi connectivity index (χ0v) is 13.1. The molecule has 114 valence electrons. The monoisotopic (exact) mass is 316 g/mol. The van der Waals surface area contributed by atoms with Gasteiger partial charge in [-0.25, -0.2) is 13.4 Å². The molecule has 2 aromatic carbocycles. The van der Waals surface area contributed by atoms with Crippen LogP contribution in [-0.4, -0.2) is 19.7 Å². The van der Waals surface area contributed by atoms with Crippen LogP contribution in [0.4, 0.5) is 5.69 Å². The highest BCUT2D eigenvalue weighted by Gasteiger charge is 2.10. The van der Waals surface area contributed by atoms with Gasteiger partial charge in [-0.2, -0.15) is 0 Å². The Labute approximate surface area is 128 Å². The van der Waals surface area contributed by atoms with Gasteiger partial charge >= 0.3 is 0 Å². The molecule has 0 radical (unpaired) electrons. The normalized spacial score (nSPS) is 11.7. The van der Waals surface area contributed by atoms with Gasteiger partial charge in [-0.15, -0.1) is 0 Å². The molecule has 0 aliphatic carbocycles. The summed E-state index contributed by atoms with van der Waals surface area (Å²) >= 11 is 0. The summed E-state index contributed by atoms with van der Waals surface area (Å²) < 4.78 is 28.9. The Morgan fingerprint density at radius 3 is 2.68 bits per heavy atom. The Bertz CT molecular complexity index is 896. The van der Waals surface area contributed by atoms with Gasteiger partial charge < -0.3 is 9.73 Å². The number of aromatic nitrogens is 1. The SMILES string of the molecule is Cc1ccc(S(C)(=O)=O)cc1NCc1nc2ccccc2o1. The molecule has 0 fully saturated rings. The van der Waals surface area contributed by atoms with Crippen LogP contribution in [0.5, 0.6) is 0 Å². The van der Waals surface area contributed by atoms with E-state index in [-0.39, 0.29) is 4.90 Å². The predicted octanol–water partition coefficient (Wildman–Crippen LogP) is 3.15. The summed E-state index contributed by atoms with van der Waals surface area (Å²) in [7, 11) is -3.22. The number of hydrogen-bond acceptors (Lipinski definition) is 5. The van der Waals surface area contributed by atoms with E-state index in [9.17, 15) is 8.42 Å². The van der Waals surface area contributed by atoms with Crippen LogP contribution in [0.25, 0.3) is 11.1 Å². The fourth-order valence-electron chi connectivity index (χ4n) is 2.19. The van der Waals surface area contributed by atoms with Crippen molar-refractivity contribution in [1.82, 2.24) is 4.98 Å². The van der Waals surface area contributed by atoms with E-state index in [1.54, 1.807) is 18.2 Å². The lowest BCUT2D eigenvalue weighted by molar-refractivity contribution is 0.540. The van der Waals surface area contributed by atoms with Crippen molar-refractivity contribution in [3.63, 3.8) is 0 Å². The van der Waals surface area contributed by atoms with Gasteiger partial charge in [0, 0.05) is 11.9 Å². The van der Waals surface area contributed by atoms with Gasteiger partial charge in [0.25, 0.3) is 0 Å². The average Bonchev–Trinajstić information content (AvgIpc) is 2.88. The summed E-state index contributed by atoms with van der Waals surface area (Å²) in [6.07, 6.45) is 1.20. The lowest BCUT2D eigenvalue weighted by Crippen LogP contribution is -2.04. The fourth-order valence-corrected chi connectivity index (χ4v) is 2.84. The van der Waals surface area contributed by atoms with Crippen molar-refractivity contribution in [3.8, 4) is 0 Å². The number of rotatable bonds is 4. The maximum Gasteiger partial charge on any atom is 0.214 e. The van der Waals surface area contributed by atoms with E-state index in [2.05, 4.69) is 10.3 Å². The number of benzene rings is 2. The van der Waals surface area contributed by atoms with Crippen molar-refractivity contribution < 1.29 is 12.8 Å². The van der Waals surface area contributed by atoms with Crippen molar-refractivity contribution in [1.29, 1.82) is 0 Å². The first-order valence-electron chi connectivity index (χ1n) is 6.82. The summed E-state index contributed by atoms with van der Waals surface area (Å²) in [5.41, 5.74) is 3.26. The Hall–Kier alpha value is -2.34. The van der Waals surface area contributed by atoms with Crippen molar-refractivity contribution in [3.05, 3.63) is 53.9 Å². The number of fused-ring (bicyclic) bond motifs is 1. The molecule has 6 heteroatoms. The van der Waals surface area contributed by atoms with Crippen LogP contribution in [0, 0.1) is 6.92 Å². The van der Waals surface area contributed by atoms with Gasteiger partial charge in [0.1, 0.15) is 5.52 Å². The summed E-state index contributed by atoms with van der Waals surface area (Å²) in [5, 5.41) is 3.18. The molecule has 0 aliphatic rings. The highest BCUT2D eigenvalue weighted by molar-refractivity contribution is 7.90. The molecule has 0 unspecified atom stereocenters. The predicted molar refractivity (Wildman–Crippen MR) is 85.6 cm³/mol. The number of aryl methyl sites for hydroxylation is 1. The van der Waals surface area contributed by atoms with E-state index < -0.39 is 9.84 Å². The van der Waals surface area contributed by atoms with E-state index >= 15 is 0 Å². The molecule has 0 saturated heterocycles. The lowest BCUT2D eigenvalue weighted by Gasteiger charge is -2.09. The van der Waals surface area contributed by atoms with Crippen molar-refractivity contribution in [2.24, 2.45) is 0 Å². The number of sulfone groups is 1. The standard InChI is InChI=1S/C16H16N2O3S/c1-11-7-8-12(22(2,19)20)9-14(11)17-10-16-18-13-5-3-4-6-15(13)21-16/h3-9,17H,10H2,1-2H3. The quantitative estimate of drug-likeness (QED) is 0.800. The molecule has 0 aliphatic heterocycles. The Kier molecular flexibility index (Phi) is 3.62. The maximum atomic E-state index is 11.6. The Morgan fingerprint density at radius 2 is 1.95 bits per heavy atom. The van der Waals surface area contributed by atoms with Crippen LogP contribution >= 0.6 is 0 Å². The minimum atomic E-state index is -3.22. The summed E-state index contributed by atoms with van der Waals surface area (Å²) in [6.45, 7) is 2.31. The number of nitrogens with zero attached hydrogens (tertiary/aromatic N) is 1. The zero-order valence-electron chi connectivity index (χ0n) is 12.3. The van der Waals surface area contributed by atoms with Gasteiger partial charge in [0.05, 0.1) is 11.4 Å². The minimum Gasteiger partial charge on any atom is -0.439 e.